The van der Waals surface area contributed by atoms with Crippen LogP contribution in [0.15, 0.2) is 12.1 Å². The Hall–Kier alpha value is -2.39. The van der Waals surface area contributed by atoms with Crippen molar-refractivity contribution in [2.24, 2.45) is 5.41 Å². The first-order valence-electron chi connectivity index (χ1n) is 8.60. The van der Waals surface area contributed by atoms with E-state index in [0.717, 1.165) is 25.9 Å². The maximum Gasteiger partial charge on any atom is 0.286 e. The fraction of sp³-hybridized carbons (Fsp3) is 0.588. The van der Waals surface area contributed by atoms with Crippen LogP contribution in [0.25, 0.3) is 0 Å². The Morgan fingerprint density at radius 2 is 1.96 bits per heavy atom. The third kappa shape index (κ3) is 3.88. The second kappa shape index (κ2) is 7.88. The Bertz CT molecular complexity index is 682. The van der Waals surface area contributed by atoms with Gasteiger partial charge in [0.05, 0.1) is 17.6 Å². The minimum absolute atomic E-state index is 0.0271. The summed E-state index contributed by atoms with van der Waals surface area (Å²) in [5.74, 6) is 0.136. The summed E-state index contributed by atoms with van der Waals surface area (Å²) in [6, 6.07) is 2.63. The molecular weight excluding hydrogens is 342 g/mol. The van der Waals surface area contributed by atoms with Gasteiger partial charge in [0.1, 0.15) is 18.8 Å². The number of amides is 1. The number of methoxy groups -OCH3 is 1. The molecule has 0 aliphatic carbocycles. The molecule has 0 unspecified atom stereocenters. The number of nitro groups is 1. The summed E-state index contributed by atoms with van der Waals surface area (Å²) >= 11 is 0. The van der Waals surface area contributed by atoms with E-state index in [9.17, 15) is 14.9 Å². The number of nitrogens with one attached hydrogen (secondary N) is 2. The highest BCUT2D eigenvalue weighted by molar-refractivity contribution is 5.99. The lowest BCUT2D eigenvalue weighted by molar-refractivity contribution is -0.385. The molecule has 0 atom stereocenters. The smallest absolute Gasteiger partial charge is 0.286 e. The first kappa shape index (κ1) is 18.4. The monoisotopic (exact) mass is 365 g/mol. The van der Waals surface area contributed by atoms with Crippen LogP contribution in [-0.4, -0.2) is 57.4 Å². The van der Waals surface area contributed by atoms with E-state index in [2.05, 4.69) is 10.6 Å². The van der Waals surface area contributed by atoms with Crippen molar-refractivity contribution in [3.8, 4) is 11.5 Å². The van der Waals surface area contributed by atoms with Crippen LogP contribution in [0.1, 0.15) is 23.2 Å². The predicted molar refractivity (Wildman–Crippen MR) is 92.8 cm³/mol. The van der Waals surface area contributed by atoms with Gasteiger partial charge in [0.25, 0.3) is 11.6 Å². The summed E-state index contributed by atoms with van der Waals surface area (Å²) in [6.07, 6.45) is 1.73. The number of piperidine rings is 1. The van der Waals surface area contributed by atoms with Crippen molar-refractivity contribution in [2.45, 2.75) is 12.8 Å². The predicted octanol–water partition coefficient (Wildman–Crippen LogP) is 1.11. The molecule has 0 saturated carbocycles. The van der Waals surface area contributed by atoms with E-state index in [1.165, 1.54) is 12.1 Å². The Labute approximate surface area is 151 Å². The van der Waals surface area contributed by atoms with E-state index in [4.69, 9.17) is 14.2 Å². The van der Waals surface area contributed by atoms with Gasteiger partial charge in [-0.25, -0.2) is 0 Å². The molecule has 2 aliphatic heterocycles. The molecular formula is C17H23N3O6. The Kier molecular flexibility index (Phi) is 5.58. The third-order valence-corrected chi connectivity index (χ3v) is 4.84. The second-order valence-electron chi connectivity index (χ2n) is 6.64. The van der Waals surface area contributed by atoms with Crippen LogP contribution < -0.4 is 20.1 Å². The molecule has 1 amide bonds. The largest absolute Gasteiger partial charge is 0.486 e. The summed E-state index contributed by atoms with van der Waals surface area (Å²) < 4.78 is 16.1. The normalized spacial score (nSPS) is 18.2. The van der Waals surface area contributed by atoms with Gasteiger partial charge in [0.2, 0.25) is 0 Å². The molecule has 0 aromatic heterocycles. The number of rotatable bonds is 6. The van der Waals surface area contributed by atoms with Crippen LogP contribution in [-0.2, 0) is 4.74 Å². The van der Waals surface area contributed by atoms with Crippen LogP contribution in [0, 0.1) is 15.5 Å². The standard InChI is InChI=1S/C17H23N3O6/c1-24-11-17(2-4-18-5-3-17)10-19-16(21)12-8-14-15(26-7-6-25-14)9-13(12)20(22)23/h8-9,18H,2-7,10-11H2,1H3,(H,19,21). The van der Waals surface area contributed by atoms with Gasteiger partial charge in [-0.05, 0) is 25.9 Å². The number of carbonyl (C=O) groups excluding carboxylic acids is 1. The lowest BCUT2D eigenvalue weighted by Crippen LogP contribution is -2.47. The van der Waals surface area contributed by atoms with Gasteiger partial charge in [0.15, 0.2) is 11.5 Å². The Balaban J connectivity index is 1.79. The van der Waals surface area contributed by atoms with Crippen molar-refractivity contribution in [3.63, 3.8) is 0 Å². The van der Waals surface area contributed by atoms with Gasteiger partial charge in [-0.3, -0.25) is 14.9 Å². The molecule has 0 spiro atoms. The van der Waals surface area contributed by atoms with Gasteiger partial charge in [0, 0.05) is 25.1 Å². The second-order valence-corrected chi connectivity index (χ2v) is 6.64. The van der Waals surface area contributed by atoms with Crippen molar-refractivity contribution in [3.05, 3.63) is 27.8 Å². The van der Waals surface area contributed by atoms with Crippen LogP contribution in [0.3, 0.4) is 0 Å². The molecule has 0 radical (unpaired) electrons. The van der Waals surface area contributed by atoms with Gasteiger partial charge in [-0.15, -0.1) is 0 Å². The van der Waals surface area contributed by atoms with Crippen molar-refractivity contribution in [1.29, 1.82) is 0 Å². The van der Waals surface area contributed by atoms with E-state index in [0.29, 0.717) is 32.1 Å². The first-order valence-corrected chi connectivity index (χ1v) is 8.60. The summed E-state index contributed by atoms with van der Waals surface area (Å²) in [7, 11) is 1.64. The van der Waals surface area contributed by atoms with E-state index >= 15 is 0 Å². The minimum atomic E-state index is -0.581. The molecule has 2 aliphatic rings. The lowest BCUT2D eigenvalue weighted by Gasteiger charge is -2.37. The van der Waals surface area contributed by atoms with Gasteiger partial charge in [-0.2, -0.15) is 0 Å². The quantitative estimate of drug-likeness (QED) is 0.574. The average molecular weight is 365 g/mol. The highest BCUT2D eigenvalue weighted by atomic mass is 16.6. The number of hydrogen-bond acceptors (Lipinski definition) is 7. The molecule has 1 aromatic rings. The summed E-state index contributed by atoms with van der Waals surface area (Å²) in [5.41, 5.74) is -0.489. The minimum Gasteiger partial charge on any atom is -0.486 e. The van der Waals surface area contributed by atoms with Gasteiger partial charge < -0.3 is 24.8 Å². The van der Waals surface area contributed by atoms with Crippen LogP contribution in [0.5, 0.6) is 11.5 Å². The molecule has 1 saturated heterocycles. The number of carbonyl (C=O) groups is 1. The zero-order valence-electron chi connectivity index (χ0n) is 14.7. The number of benzene rings is 1. The average Bonchev–Trinajstić information content (AvgIpc) is 2.66. The highest BCUT2D eigenvalue weighted by Gasteiger charge is 2.34. The van der Waals surface area contributed by atoms with Gasteiger partial charge >= 0.3 is 0 Å². The van der Waals surface area contributed by atoms with Crippen molar-refractivity contribution in [1.82, 2.24) is 10.6 Å². The highest BCUT2D eigenvalue weighted by Crippen LogP contribution is 2.37. The summed E-state index contributed by atoms with van der Waals surface area (Å²) in [6.45, 7) is 3.29. The van der Waals surface area contributed by atoms with Crippen LogP contribution in [0.4, 0.5) is 5.69 Å². The molecule has 3 rings (SSSR count). The molecule has 9 nitrogen and oxygen atoms in total. The summed E-state index contributed by atoms with van der Waals surface area (Å²) in [5, 5.41) is 17.5. The molecule has 26 heavy (non-hydrogen) atoms. The topological polar surface area (TPSA) is 112 Å². The van der Waals surface area contributed by atoms with E-state index in [1.54, 1.807) is 7.11 Å². The maximum absolute atomic E-state index is 12.7. The fourth-order valence-electron chi connectivity index (χ4n) is 3.41. The number of hydrogen-bond donors (Lipinski definition) is 2. The number of ether oxygens (including phenoxy) is 3. The van der Waals surface area contributed by atoms with E-state index in [1.807, 2.05) is 0 Å². The molecule has 2 N–H and O–H groups in total. The molecule has 1 fully saturated rings. The number of fused-ring (bicyclic) bond motifs is 1. The number of nitrogens with zero attached hydrogens (tertiary/aromatic N) is 1. The van der Waals surface area contributed by atoms with Crippen molar-refractivity contribution in [2.75, 3.05) is 46.6 Å². The molecule has 142 valence electrons. The number of nitro benzene ring substituents is 1. The SMILES string of the molecule is COCC1(CNC(=O)c2cc3c(cc2[N+](=O)[O-])OCCO3)CCNCC1. The summed E-state index contributed by atoms with van der Waals surface area (Å²) in [4.78, 5) is 23.5. The van der Waals surface area contributed by atoms with Crippen LogP contribution >= 0.6 is 0 Å². The molecule has 1 aromatic carbocycles. The van der Waals surface area contributed by atoms with E-state index in [-0.39, 0.29) is 22.4 Å². The molecule has 0 bridgehead atoms. The zero-order chi connectivity index (χ0) is 18.6. The van der Waals surface area contributed by atoms with Crippen molar-refractivity contribution < 1.29 is 23.9 Å². The van der Waals surface area contributed by atoms with Gasteiger partial charge in [-0.1, -0.05) is 0 Å². The maximum atomic E-state index is 12.7. The first-order chi connectivity index (χ1) is 12.5. The Morgan fingerprint density at radius 1 is 1.31 bits per heavy atom. The molecule has 2 heterocycles. The van der Waals surface area contributed by atoms with Crippen LogP contribution in [0.2, 0.25) is 0 Å². The van der Waals surface area contributed by atoms with E-state index < -0.39 is 10.8 Å². The third-order valence-electron chi connectivity index (χ3n) is 4.84. The Morgan fingerprint density at radius 3 is 2.58 bits per heavy atom. The van der Waals surface area contributed by atoms with Crippen molar-refractivity contribution >= 4 is 11.6 Å². The zero-order valence-corrected chi connectivity index (χ0v) is 14.7. The molecule has 9 heteroatoms. The lowest BCUT2D eigenvalue weighted by atomic mass is 9.79. The fourth-order valence-corrected chi connectivity index (χ4v) is 3.41.